The second kappa shape index (κ2) is 6.83. The van der Waals surface area contributed by atoms with E-state index in [2.05, 4.69) is 15.0 Å². The van der Waals surface area contributed by atoms with Crippen LogP contribution in [0, 0.1) is 0 Å². The summed E-state index contributed by atoms with van der Waals surface area (Å²) in [7, 11) is 0. The Hall–Kier alpha value is -3.07. The van der Waals surface area contributed by atoms with Crippen LogP contribution in [-0.4, -0.2) is 14.5 Å². The van der Waals surface area contributed by atoms with E-state index in [4.69, 9.17) is 0 Å². The molecular weight excluding hydrogens is 389 g/mol. The standard InChI is InChI=1S/C19H15F3N4OS/c1-2-26-16(11-4-3-5-12(8-11)19(20,21)22)10-28-18(26)23-13-6-7-14-15(9-13)25-17(27)24-14/h3-10H,2H2,1H3,(H2,24,25,27). The molecule has 4 aromatic rings. The molecular formula is C19H15F3N4OS. The highest BCUT2D eigenvalue weighted by Crippen LogP contribution is 2.32. The Balaban J connectivity index is 1.81. The van der Waals surface area contributed by atoms with Crippen molar-refractivity contribution in [2.45, 2.75) is 19.6 Å². The average Bonchev–Trinajstić information content (AvgIpc) is 3.22. The number of hydrogen-bond acceptors (Lipinski definition) is 3. The molecule has 0 amide bonds. The molecule has 0 saturated carbocycles. The first-order valence-electron chi connectivity index (χ1n) is 8.48. The lowest BCUT2D eigenvalue weighted by atomic mass is 10.1. The van der Waals surface area contributed by atoms with Crippen LogP contribution < -0.4 is 10.5 Å². The van der Waals surface area contributed by atoms with Gasteiger partial charge in [-0.15, -0.1) is 11.3 Å². The van der Waals surface area contributed by atoms with E-state index in [-0.39, 0.29) is 5.69 Å². The third kappa shape index (κ3) is 3.40. The van der Waals surface area contributed by atoms with Crippen LogP contribution in [0.15, 0.2) is 57.6 Å². The van der Waals surface area contributed by atoms with E-state index < -0.39 is 11.7 Å². The molecule has 28 heavy (non-hydrogen) atoms. The van der Waals surface area contributed by atoms with Gasteiger partial charge in [-0.3, -0.25) is 0 Å². The molecule has 0 spiro atoms. The zero-order chi connectivity index (χ0) is 19.9. The van der Waals surface area contributed by atoms with Crippen LogP contribution in [-0.2, 0) is 12.7 Å². The van der Waals surface area contributed by atoms with Gasteiger partial charge in [-0.05, 0) is 42.8 Å². The van der Waals surface area contributed by atoms with Gasteiger partial charge in [0.15, 0.2) is 4.80 Å². The molecule has 0 bridgehead atoms. The fraction of sp³-hybridized carbons (Fsp3) is 0.158. The SMILES string of the molecule is CCn1c(-c2cccc(C(F)(F)F)c2)csc1=Nc1ccc2[nH]c(=O)[nH]c2c1. The topological polar surface area (TPSA) is 65.9 Å². The molecule has 144 valence electrons. The molecule has 0 saturated heterocycles. The predicted molar refractivity (Wildman–Crippen MR) is 103 cm³/mol. The number of nitrogens with zero attached hydrogens (tertiary/aromatic N) is 2. The molecule has 0 aliphatic rings. The number of nitrogens with one attached hydrogen (secondary N) is 2. The summed E-state index contributed by atoms with van der Waals surface area (Å²) in [6.07, 6.45) is -4.39. The molecule has 4 rings (SSSR count). The predicted octanol–water partition coefficient (Wildman–Crippen LogP) is 4.66. The molecule has 0 unspecified atom stereocenters. The highest BCUT2D eigenvalue weighted by Gasteiger charge is 2.30. The van der Waals surface area contributed by atoms with Crippen molar-refractivity contribution in [2.24, 2.45) is 4.99 Å². The van der Waals surface area contributed by atoms with Gasteiger partial charge in [0.1, 0.15) is 0 Å². The fourth-order valence-corrected chi connectivity index (χ4v) is 4.00. The van der Waals surface area contributed by atoms with Gasteiger partial charge < -0.3 is 14.5 Å². The average molecular weight is 404 g/mol. The summed E-state index contributed by atoms with van der Waals surface area (Å²) in [5.74, 6) is 0. The largest absolute Gasteiger partial charge is 0.416 e. The first-order valence-corrected chi connectivity index (χ1v) is 9.36. The number of thiazole rings is 1. The Morgan fingerprint density at radius 3 is 2.64 bits per heavy atom. The van der Waals surface area contributed by atoms with E-state index in [1.165, 1.54) is 17.4 Å². The number of rotatable bonds is 3. The minimum atomic E-state index is -4.39. The van der Waals surface area contributed by atoms with Gasteiger partial charge in [0.2, 0.25) is 0 Å². The summed E-state index contributed by atoms with van der Waals surface area (Å²) in [6, 6.07) is 10.5. The number of fused-ring (bicyclic) bond motifs is 1. The summed E-state index contributed by atoms with van der Waals surface area (Å²) < 4.78 is 41.0. The van der Waals surface area contributed by atoms with E-state index in [9.17, 15) is 18.0 Å². The number of halogens is 3. The van der Waals surface area contributed by atoms with Crippen molar-refractivity contribution in [3.05, 3.63) is 68.7 Å². The number of alkyl halides is 3. The van der Waals surface area contributed by atoms with Crippen molar-refractivity contribution >= 4 is 28.1 Å². The Morgan fingerprint density at radius 1 is 1.11 bits per heavy atom. The Labute approximate surface area is 160 Å². The summed E-state index contributed by atoms with van der Waals surface area (Å²) in [5.41, 5.74) is 2.15. The van der Waals surface area contributed by atoms with Crippen molar-refractivity contribution in [3.63, 3.8) is 0 Å². The van der Waals surface area contributed by atoms with Gasteiger partial charge in [-0.2, -0.15) is 13.2 Å². The number of H-pyrrole nitrogens is 2. The molecule has 0 aliphatic heterocycles. The van der Waals surface area contributed by atoms with E-state index in [1.54, 1.807) is 29.6 Å². The number of imidazole rings is 1. The van der Waals surface area contributed by atoms with E-state index in [0.717, 1.165) is 12.1 Å². The summed E-state index contributed by atoms with van der Waals surface area (Å²) in [6.45, 7) is 2.47. The van der Waals surface area contributed by atoms with E-state index in [1.807, 2.05) is 11.5 Å². The Bertz CT molecular complexity index is 1280. The molecule has 2 aromatic heterocycles. The van der Waals surface area contributed by atoms with Crippen LogP contribution in [0.1, 0.15) is 12.5 Å². The Kier molecular flexibility index (Phi) is 4.46. The maximum absolute atomic E-state index is 13.0. The highest BCUT2D eigenvalue weighted by molar-refractivity contribution is 7.07. The molecule has 2 N–H and O–H groups in total. The Morgan fingerprint density at radius 2 is 1.89 bits per heavy atom. The van der Waals surface area contributed by atoms with E-state index in [0.29, 0.717) is 39.3 Å². The normalized spacial score (nSPS) is 12.8. The summed E-state index contributed by atoms with van der Waals surface area (Å²) in [5, 5.41) is 1.80. The monoisotopic (exact) mass is 404 g/mol. The van der Waals surface area contributed by atoms with Crippen LogP contribution in [0.2, 0.25) is 0 Å². The second-order valence-corrected chi connectivity index (χ2v) is 6.98. The highest BCUT2D eigenvalue weighted by atomic mass is 32.1. The maximum Gasteiger partial charge on any atom is 0.416 e. The van der Waals surface area contributed by atoms with Crippen molar-refractivity contribution < 1.29 is 13.2 Å². The zero-order valence-corrected chi connectivity index (χ0v) is 15.5. The molecule has 0 aliphatic carbocycles. The summed E-state index contributed by atoms with van der Waals surface area (Å²) in [4.78, 5) is 22.0. The number of aromatic amines is 2. The third-order valence-corrected chi connectivity index (χ3v) is 5.19. The molecule has 0 atom stereocenters. The van der Waals surface area contributed by atoms with Crippen molar-refractivity contribution in [3.8, 4) is 11.3 Å². The van der Waals surface area contributed by atoms with Crippen molar-refractivity contribution in [1.29, 1.82) is 0 Å². The van der Waals surface area contributed by atoms with Gasteiger partial charge >= 0.3 is 11.9 Å². The molecule has 2 aromatic carbocycles. The lowest BCUT2D eigenvalue weighted by Gasteiger charge is -2.10. The molecule has 9 heteroatoms. The van der Waals surface area contributed by atoms with Gasteiger partial charge in [-0.1, -0.05) is 12.1 Å². The molecule has 0 fully saturated rings. The summed E-state index contributed by atoms with van der Waals surface area (Å²) >= 11 is 1.35. The van der Waals surface area contributed by atoms with Crippen LogP contribution in [0.4, 0.5) is 18.9 Å². The second-order valence-electron chi connectivity index (χ2n) is 6.15. The maximum atomic E-state index is 13.0. The molecule has 0 radical (unpaired) electrons. The third-order valence-electron chi connectivity index (χ3n) is 4.32. The lowest BCUT2D eigenvalue weighted by molar-refractivity contribution is -0.137. The first-order chi connectivity index (χ1) is 13.3. The smallest absolute Gasteiger partial charge is 0.317 e. The number of benzene rings is 2. The van der Waals surface area contributed by atoms with Gasteiger partial charge in [0.05, 0.1) is 28.0 Å². The van der Waals surface area contributed by atoms with Gasteiger partial charge in [-0.25, -0.2) is 9.79 Å². The van der Waals surface area contributed by atoms with Gasteiger partial charge in [0, 0.05) is 11.9 Å². The minimum absolute atomic E-state index is 0.293. The van der Waals surface area contributed by atoms with Crippen LogP contribution >= 0.6 is 11.3 Å². The zero-order valence-electron chi connectivity index (χ0n) is 14.7. The lowest BCUT2D eigenvalue weighted by Crippen LogP contribution is -2.14. The molecule has 2 heterocycles. The quantitative estimate of drug-likeness (QED) is 0.513. The van der Waals surface area contributed by atoms with Gasteiger partial charge in [0.25, 0.3) is 0 Å². The molecule has 5 nitrogen and oxygen atoms in total. The van der Waals surface area contributed by atoms with E-state index >= 15 is 0 Å². The fourth-order valence-electron chi connectivity index (χ4n) is 3.01. The van der Waals surface area contributed by atoms with Crippen LogP contribution in [0.3, 0.4) is 0 Å². The number of hydrogen-bond donors (Lipinski definition) is 2. The number of aromatic nitrogens is 3. The first kappa shape index (κ1) is 18.3. The van der Waals surface area contributed by atoms with Crippen LogP contribution in [0.5, 0.6) is 0 Å². The minimum Gasteiger partial charge on any atom is -0.317 e. The van der Waals surface area contributed by atoms with Crippen molar-refractivity contribution in [1.82, 2.24) is 14.5 Å². The van der Waals surface area contributed by atoms with Crippen LogP contribution in [0.25, 0.3) is 22.3 Å². The van der Waals surface area contributed by atoms with Crippen molar-refractivity contribution in [2.75, 3.05) is 0 Å².